The summed E-state index contributed by atoms with van der Waals surface area (Å²) < 4.78 is 16.8. The minimum Gasteiger partial charge on any atom is -0.462 e. The molecule has 0 fully saturated rings. The van der Waals surface area contributed by atoms with Crippen LogP contribution in [0.25, 0.3) is 0 Å². The van der Waals surface area contributed by atoms with Gasteiger partial charge in [-0.15, -0.1) is 0 Å². The second-order valence-corrected chi connectivity index (χ2v) is 19.2. The van der Waals surface area contributed by atoms with Gasteiger partial charge in [-0.2, -0.15) is 0 Å². The fraction of sp³-hybridized carbons (Fsp3) is 0.730. The van der Waals surface area contributed by atoms with Crippen molar-refractivity contribution >= 4 is 17.9 Å². The first-order valence-electron chi connectivity index (χ1n) is 29.1. The Morgan fingerprint density at radius 2 is 0.565 bits per heavy atom. The Hall–Kier alpha value is -3.41. The molecule has 0 bridgehead atoms. The van der Waals surface area contributed by atoms with Gasteiger partial charge in [0.1, 0.15) is 13.2 Å². The smallest absolute Gasteiger partial charge is 0.306 e. The SMILES string of the molecule is CC/C=C\C/C=C\C/C=C\C/C=C\C/C=C\C/C=C\CCCCCCCCC(=O)OCC(COC(=O)CCCCCCCCCCCC)OC(=O)CCCCCCC/C=C\CCCCCCCCC. The summed E-state index contributed by atoms with van der Waals surface area (Å²) in [6, 6.07) is 0. The second kappa shape index (κ2) is 57.2. The molecule has 1 unspecified atom stereocenters. The van der Waals surface area contributed by atoms with Crippen LogP contribution < -0.4 is 0 Å². The number of rotatable bonds is 52. The van der Waals surface area contributed by atoms with Gasteiger partial charge in [-0.1, -0.05) is 247 Å². The van der Waals surface area contributed by atoms with Crippen LogP contribution in [0.3, 0.4) is 0 Å². The lowest BCUT2D eigenvalue weighted by atomic mass is 10.1. The maximum Gasteiger partial charge on any atom is 0.306 e. The average Bonchev–Trinajstić information content (AvgIpc) is 3.35. The topological polar surface area (TPSA) is 78.9 Å². The van der Waals surface area contributed by atoms with Crippen molar-refractivity contribution in [3.8, 4) is 0 Å². The van der Waals surface area contributed by atoms with Crippen LogP contribution in [0.4, 0.5) is 0 Å². The summed E-state index contributed by atoms with van der Waals surface area (Å²) in [4.78, 5) is 38.1. The van der Waals surface area contributed by atoms with Crippen molar-refractivity contribution in [2.45, 2.75) is 284 Å². The van der Waals surface area contributed by atoms with E-state index in [0.29, 0.717) is 19.3 Å². The van der Waals surface area contributed by atoms with Crippen LogP contribution in [-0.2, 0) is 28.6 Å². The third kappa shape index (κ3) is 55.4. The highest BCUT2D eigenvalue weighted by atomic mass is 16.6. The maximum atomic E-state index is 12.8. The summed E-state index contributed by atoms with van der Waals surface area (Å²) in [6.07, 6.45) is 74.3. The van der Waals surface area contributed by atoms with Gasteiger partial charge in [0.2, 0.25) is 0 Å². The molecule has 0 heterocycles. The van der Waals surface area contributed by atoms with Crippen molar-refractivity contribution in [3.05, 3.63) is 85.1 Å². The lowest BCUT2D eigenvalue weighted by Crippen LogP contribution is -2.30. The number of carbonyl (C=O) groups excluding carboxylic acids is 3. The van der Waals surface area contributed by atoms with Crippen LogP contribution in [0.1, 0.15) is 278 Å². The molecular formula is C63H108O6. The van der Waals surface area contributed by atoms with Crippen molar-refractivity contribution < 1.29 is 28.6 Å². The number of esters is 3. The third-order valence-electron chi connectivity index (χ3n) is 12.4. The van der Waals surface area contributed by atoms with Crippen molar-refractivity contribution in [1.29, 1.82) is 0 Å². The molecule has 0 rings (SSSR count). The maximum absolute atomic E-state index is 12.8. The van der Waals surface area contributed by atoms with E-state index in [-0.39, 0.29) is 31.1 Å². The van der Waals surface area contributed by atoms with Gasteiger partial charge in [0, 0.05) is 19.3 Å². The van der Waals surface area contributed by atoms with Crippen LogP contribution in [0.2, 0.25) is 0 Å². The van der Waals surface area contributed by atoms with Gasteiger partial charge >= 0.3 is 17.9 Å². The molecule has 6 nitrogen and oxygen atoms in total. The Bertz CT molecular complexity index is 1330. The standard InChI is InChI=1S/C63H108O6/c1-4-7-10-13-16-19-22-24-26-28-29-30-31-32-33-34-35-36-38-39-41-44-47-50-53-56-62(65)68-59-60(58-67-61(64)55-52-49-46-43-21-18-15-12-9-6-3)69-63(66)57-54-51-48-45-42-40-37-27-25-23-20-17-14-11-8-5-2/h7,10,16,19,24,26-27,29-30,32-33,35-37,60H,4-6,8-9,11-15,17-18,20-23,25,28,31,34,38-59H2,1-3H3/b10-7-,19-16-,26-24-,30-29-,33-32-,36-35-,37-27-. The zero-order valence-corrected chi connectivity index (χ0v) is 45.3. The highest BCUT2D eigenvalue weighted by Crippen LogP contribution is 2.15. The van der Waals surface area contributed by atoms with Crippen molar-refractivity contribution in [3.63, 3.8) is 0 Å². The molecule has 1 atom stereocenters. The van der Waals surface area contributed by atoms with E-state index in [1.165, 1.54) is 116 Å². The molecule has 0 amide bonds. The molecule has 0 aromatic carbocycles. The predicted octanol–water partition coefficient (Wildman–Crippen LogP) is 19.5. The molecule has 0 N–H and O–H groups in total. The first-order chi connectivity index (χ1) is 34.0. The molecule has 0 spiro atoms. The third-order valence-corrected chi connectivity index (χ3v) is 12.4. The highest BCUT2D eigenvalue weighted by Gasteiger charge is 2.19. The molecule has 6 heteroatoms. The largest absolute Gasteiger partial charge is 0.462 e. The Balaban J connectivity index is 4.32. The van der Waals surface area contributed by atoms with Gasteiger partial charge in [-0.3, -0.25) is 14.4 Å². The molecule has 0 aliphatic carbocycles. The minimum absolute atomic E-state index is 0.0827. The van der Waals surface area contributed by atoms with E-state index in [0.717, 1.165) is 122 Å². The fourth-order valence-electron chi connectivity index (χ4n) is 8.03. The molecule has 0 aromatic rings. The normalized spacial score (nSPS) is 12.7. The zero-order chi connectivity index (χ0) is 50.0. The highest BCUT2D eigenvalue weighted by molar-refractivity contribution is 5.71. The Morgan fingerprint density at radius 1 is 0.304 bits per heavy atom. The van der Waals surface area contributed by atoms with E-state index >= 15 is 0 Å². The molecular weight excluding hydrogens is 853 g/mol. The minimum atomic E-state index is -0.785. The fourth-order valence-corrected chi connectivity index (χ4v) is 8.03. The van der Waals surface area contributed by atoms with Gasteiger partial charge in [0.15, 0.2) is 6.10 Å². The molecule has 0 aliphatic rings. The number of carbonyl (C=O) groups is 3. The van der Waals surface area contributed by atoms with Crippen LogP contribution in [0.5, 0.6) is 0 Å². The molecule has 396 valence electrons. The van der Waals surface area contributed by atoms with Gasteiger partial charge < -0.3 is 14.2 Å². The van der Waals surface area contributed by atoms with E-state index < -0.39 is 6.10 Å². The number of hydrogen-bond donors (Lipinski definition) is 0. The zero-order valence-electron chi connectivity index (χ0n) is 45.3. The first kappa shape index (κ1) is 65.6. The lowest BCUT2D eigenvalue weighted by Gasteiger charge is -2.18. The van der Waals surface area contributed by atoms with Gasteiger partial charge in [-0.25, -0.2) is 0 Å². The molecule has 0 saturated carbocycles. The summed E-state index contributed by atoms with van der Waals surface area (Å²) >= 11 is 0. The van der Waals surface area contributed by atoms with E-state index in [1.54, 1.807) is 0 Å². The Labute approximate surface area is 426 Å². The monoisotopic (exact) mass is 961 g/mol. The predicted molar refractivity (Wildman–Crippen MR) is 297 cm³/mol. The number of unbranched alkanes of at least 4 members (excludes halogenated alkanes) is 27. The summed E-state index contributed by atoms with van der Waals surface area (Å²) in [5.74, 6) is -0.902. The van der Waals surface area contributed by atoms with Crippen LogP contribution in [0, 0.1) is 0 Å². The summed E-state index contributed by atoms with van der Waals surface area (Å²) in [5.41, 5.74) is 0. The molecule has 0 aliphatic heterocycles. The van der Waals surface area contributed by atoms with Gasteiger partial charge in [0.05, 0.1) is 0 Å². The van der Waals surface area contributed by atoms with Gasteiger partial charge in [-0.05, 0) is 96.3 Å². The quantitative estimate of drug-likeness (QED) is 0.0262. The van der Waals surface area contributed by atoms with E-state index in [9.17, 15) is 14.4 Å². The van der Waals surface area contributed by atoms with Crippen molar-refractivity contribution in [2.75, 3.05) is 13.2 Å². The summed E-state index contributed by atoms with van der Waals surface area (Å²) in [7, 11) is 0. The Morgan fingerprint density at radius 3 is 0.899 bits per heavy atom. The number of ether oxygens (including phenoxy) is 3. The lowest BCUT2D eigenvalue weighted by molar-refractivity contribution is -0.167. The Kier molecular flexibility index (Phi) is 54.3. The molecule has 0 aromatic heterocycles. The first-order valence-corrected chi connectivity index (χ1v) is 29.1. The molecule has 0 saturated heterocycles. The van der Waals surface area contributed by atoms with E-state index in [4.69, 9.17) is 14.2 Å². The molecule has 69 heavy (non-hydrogen) atoms. The van der Waals surface area contributed by atoms with Crippen molar-refractivity contribution in [2.24, 2.45) is 0 Å². The van der Waals surface area contributed by atoms with Crippen LogP contribution >= 0.6 is 0 Å². The van der Waals surface area contributed by atoms with Crippen LogP contribution in [0.15, 0.2) is 85.1 Å². The molecule has 0 radical (unpaired) electrons. The number of hydrogen-bond acceptors (Lipinski definition) is 6. The summed E-state index contributed by atoms with van der Waals surface area (Å²) in [6.45, 7) is 6.50. The summed E-state index contributed by atoms with van der Waals surface area (Å²) in [5, 5.41) is 0. The van der Waals surface area contributed by atoms with E-state index in [1.807, 2.05) is 0 Å². The van der Waals surface area contributed by atoms with E-state index in [2.05, 4.69) is 106 Å². The average molecular weight is 962 g/mol. The van der Waals surface area contributed by atoms with Gasteiger partial charge in [0.25, 0.3) is 0 Å². The van der Waals surface area contributed by atoms with Crippen LogP contribution in [-0.4, -0.2) is 37.2 Å². The number of allylic oxidation sites excluding steroid dienone is 14. The van der Waals surface area contributed by atoms with Crippen molar-refractivity contribution in [1.82, 2.24) is 0 Å². The second-order valence-electron chi connectivity index (χ2n) is 19.2.